The van der Waals surface area contributed by atoms with Crippen molar-refractivity contribution < 1.29 is 4.79 Å². The highest BCUT2D eigenvalue weighted by Crippen LogP contribution is 2.38. The fourth-order valence-electron chi connectivity index (χ4n) is 3.35. The maximum Gasteiger partial charge on any atom is 0.254 e. The second-order valence-corrected chi connectivity index (χ2v) is 7.59. The van der Waals surface area contributed by atoms with Crippen molar-refractivity contribution in [1.82, 2.24) is 5.32 Å². The van der Waals surface area contributed by atoms with E-state index in [9.17, 15) is 4.79 Å². The van der Waals surface area contributed by atoms with Crippen molar-refractivity contribution in [2.75, 3.05) is 17.7 Å². The summed E-state index contributed by atoms with van der Waals surface area (Å²) in [5, 5.41) is 10.4. The molecule has 1 aromatic heterocycles. The molecule has 3 rings (SSSR count). The monoisotopic (exact) mass is 355 g/mol. The van der Waals surface area contributed by atoms with Crippen LogP contribution in [-0.4, -0.2) is 13.0 Å². The van der Waals surface area contributed by atoms with Crippen LogP contribution in [0.2, 0.25) is 0 Å². The van der Waals surface area contributed by atoms with Crippen molar-refractivity contribution in [2.45, 2.75) is 39.5 Å². The summed E-state index contributed by atoms with van der Waals surface area (Å²) in [6.45, 7) is 8.26. The van der Waals surface area contributed by atoms with Crippen molar-refractivity contribution in [3.63, 3.8) is 0 Å². The molecule has 132 valence electrons. The maximum absolute atomic E-state index is 12.4. The number of para-hydroxylation sites is 1. The van der Waals surface area contributed by atoms with Gasteiger partial charge in [-0.25, -0.2) is 0 Å². The summed E-state index contributed by atoms with van der Waals surface area (Å²) in [6, 6.07) is 6.19. The van der Waals surface area contributed by atoms with Gasteiger partial charge in [0, 0.05) is 17.6 Å². The molecule has 0 radical (unpaired) electrons. The Bertz CT molecular complexity index is 802. The quantitative estimate of drug-likeness (QED) is 0.735. The highest BCUT2D eigenvalue weighted by Gasteiger charge is 2.25. The highest BCUT2D eigenvalue weighted by atomic mass is 32.1. The molecule has 0 atom stereocenters. The lowest BCUT2D eigenvalue weighted by Crippen LogP contribution is -2.21. The third kappa shape index (κ3) is 3.56. The molecule has 1 aliphatic carbocycles. The molecule has 25 heavy (non-hydrogen) atoms. The number of thiophene rings is 1. The molecule has 1 amide bonds. The average Bonchev–Trinajstić information content (AvgIpc) is 2.95. The number of carbonyl (C=O) groups excluding carboxylic acids is 1. The number of anilines is 2. The maximum atomic E-state index is 12.4. The first kappa shape index (κ1) is 17.5. The van der Waals surface area contributed by atoms with Crippen LogP contribution in [0.25, 0.3) is 0 Å². The number of carbonyl (C=O) groups is 1. The summed E-state index contributed by atoms with van der Waals surface area (Å²) in [6.07, 6.45) is 4.38. The predicted octanol–water partition coefficient (Wildman–Crippen LogP) is 4.60. The first-order chi connectivity index (χ1) is 12.0. The Morgan fingerprint density at radius 2 is 1.80 bits per heavy atom. The van der Waals surface area contributed by atoms with E-state index in [0.717, 1.165) is 35.5 Å². The van der Waals surface area contributed by atoms with Gasteiger partial charge in [0.2, 0.25) is 0 Å². The standard InChI is InChI=1S/C20H25N3OS/c1-12-8-7-9-13(2)18(12)22-14(3)23-20-17(19(24)21-4)15-10-5-6-11-16(15)25-20/h7-9,22-23H,3,5-6,10-11H2,1-2,4H3,(H,21,24). The van der Waals surface area contributed by atoms with Crippen LogP contribution in [0.15, 0.2) is 30.6 Å². The van der Waals surface area contributed by atoms with E-state index >= 15 is 0 Å². The van der Waals surface area contributed by atoms with Crippen LogP contribution in [0.1, 0.15) is 44.8 Å². The lowest BCUT2D eigenvalue weighted by Gasteiger charge is -2.16. The number of benzene rings is 1. The molecular formula is C20H25N3OS. The second kappa shape index (κ2) is 7.31. The molecule has 0 spiro atoms. The molecule has 3 N–H and O–H groups in total. The van der Waals surface area contributed by atoms with Crippen LogP contribution in [0.3, 0.4) is 0 Å². The Morgan fingerprint density at radius 1 is 1.12 bits per heavy atom. The van der Waals surface area contributed by atoms with Crippen LogP contribution in [-0.2, 0) is 12.8 Å². The van der Waals surface area contributed by atoms with Crippen LogP contribution in [0, 0.1) is 13.8 Å². The molecule has 1 aliphatic rings. The minimum absolute atomic E-state index is 0.0261. The van der Waals surface area contributed by atoms with E-state index in [2.05, 4.69) is 48.5 Å². The Hall–Kier alpha value is -2.27. The zero-order valence-electron chi connectivity index (χ0n) is 15.1. The van der Waals surface area contributed by atoms with Crippen LogP contribution >= 0.6 is 11.3 Å². The fraction of sp³-hybridized carbons (Fsp3) is 0.350. The zero-order valence-corrected chi connectivity index (χ0v) is 15.9. The largest absolute Gasteiger partial charge is 0.355 e. The number of rotatable bonds is 5. The van der Waals surface area contributed by atoms with Gasteiger partial charge in [0.15, 0.2) is 0 Å². The van der Waals surface area contributed by atoms with Gasteiger partial charge in [0.05, 0.1) is 5.56 Å². The average molecular weight is 356 g/mol. The lowest BCUT2D eigenvalue weighted by atomic mass is 9.95. The van der Waals surface area contributed by atoms with Crippen LogP contribution in [0.5, 0.6) is 0 Å². The van der Waals surface area contributed by atoms with E-state index in [4.69, 9.17) is 0 Å². The van der Waals surface area contributed by atoms with Crippen molar-refractivity contribution in [3.8, 4) is 0 Å². The molecule has 1 aromatic carbocycles. The second-order valence-electron chi connectivity index (χ2n) is 6.49. The smallest absolute Gasteiger partial charge is 0.254 e. The molecule has 0 unspecified atom stereocenters. The van der Waals surface area contributed by atoms with Gasteiger partial charge >= 0.3 is 0 Å². The predicted molar refractivity (Wildman–Crippen MR) is 107 cm³/mol. The van der Waals surface area contributed by atoms with E-state index in [0.29, 0.717) is 5.82 Å². The number of fused-ring (bicyclic) bond motifs is 1. The fourth-order valence-corrected chi connectivity index (χ4v) is 4.66. The molecule has 2 aromatic rings. The summed E-state index contributed by atoms with van der Waals surface area (Å²) >= 11 is 1.68. The number of aryl methyl sites for hydroxylation is 3. The third-order valence-electron chi connectivity index (χ3n) is 4.65. The molecule has 0 saturated carbocycles. The van der Waals surface area contributed by atoms with Gasteiger partial charge in [-0.1, -0.05) is 24.8 Å². The number of hydrogen-bond donors (Lipinski definition) is 3. The zero-order chi connectivity index (χ0) is 18.0. The van der Waals surface area contributed by atoms with Crippen LogP contribution < -0.4 is 16.0 Å². The lowest BCUT2D eigenvalue weighted by molar-refractivity contribution is 0.0963. The summed E-state index contributed by atoms with van der Waals surface area (Å²) in [5.74, 6) is 0.655. The van der Waals surface area contributed by atoms with E-state index in [1.54, 1.807) is 18.4 Å². The Kier molecular flexibility index (Phi) is 5.13. The molecule has 0 aliphatic heterocycles. The summed E-state index contributed by atoms with van der Waals surface area (Å²) < 4.78 is 0. The van der Waals surface area contributed by atoms with E-state index in [1.807, 2.05) is 6.07 Å². The summed E-state index contributed by atoms with van der Waals surface area (Å²) in [4.78, 5) is 13.7. The van der Waals surface area contributed by atoms with E-state index in [-0.39, 0.29) is 5.91 Å². The van der Waals surface area contributed by atoms with Crippen molar-refractivity contribution >= 4 is 27.9 Å². The summed E-state index contributed by atoms with van der Waals surface area (Å²) in [5.41, 5.74) is 5.38. The molecule has 0 fully saturated rings. The SMILES string of the molecule is C=C(Nc1sc2c(c1C(=O)NC)CCCC2)Nc1c(C)cccc1C. The van der Waals surface area contributed by atoms with Crippen molar-refractivity contribution in [3.05, 3.63) is 57.7 Å². The van der Waals surface area contributed by atoms with Gasteiger partial charge < -0.3 is 16.0 Å². The first-order valence-electron chi connectivity index (χ1n) is 8.67. The number of amides is 1. The van der Waals surface area contributed by atoms with Crippen LogP contribution in [0.4, 0.5) is 10.7 Å². The Morgan fingerprint density at radius 3 is 2.48 bits per heavy atom. The first-order valence-corrected chi connectivity index (χ1v) is 9.48. The molecule has 1 heterocycles. The number of hydrogen-bond acceptors (Lipinski definition) is 4. The van der Waals surface area contributed by atoms with Crippen molar-refractivity contribution in [1.29, 1.82) is 0 Å². The minimum atomic E-state index is -0.0261. The Labute approximate surface area is 153 Å². The number of nitrogens with one attached hydrogen (secondary N) is 3. The Balaban J connectivity index is 1.86. The third-order valence-corrected chi connectivity index (χ3v) is 5.85. The normalized spacial score (nSPS) is 13.1. The van der Waals surface area contributed by atoms with Gasteiger partial charge in [-0.2, -0.15) is 0 Å². The molecular weight excluding hydrogens is 330 g/mol. The molecule has 0 saturated heterocycles. The summed E-state index contributed by atoms with van der Waals surface area (Å²) in [7, 11) is 1.68. The molecule has 0 bridgehead atoms. The topological polar surface area (TPSA) is 53.2 Å². The van der Waals surface area contributed by atoms with E-state index in [1.165, 1.54) is 28.0 Å². The molecule has 5 heteroatoms. The van der Waals surface area contributed by atoms with Crippen molar-refractivity contribution in [2.24, 2.45) is 0 Å². The van der Waals surface area contributed by atoms with Gasteiger partial charge in [-0.05, 0) is 56.2 Å². The highest BCUT2D eigenvalue weighted by molar-refractivity contribution is 7.16. The van der Waals surface area contributed by atoms with Gasteiger partial charge in [0.1, 0.15) is 10.8 Å². The molecule has 4 nitrogen and oxygen atoms in total. The van der Waals surface area contributed by atoms with Gasteiger partial charge in [-0.15, -0.1) is 11.3 Å². The van der Waals surface area contributed by atoms with Gasteiger partial charge in [0.25, 0.3) is 5.91 Å². The van der Waals surface area contributed by atoms with Gasteiger partial charge in [-0.3, -0.25) is 4.79 Å². The van der Waals surface area contributed by atoms with E-state index < -0.39 is 0 Å². The minimum Gasteiger partial charge on any atom is -0.355 e.